The lowest BCUT2D eigenvalue weighted by molar-refractivity contribution is 0.436. The summed E-state index contributed by atoms with van der Waals surface area (Å²) in [6.45, 7) is 4.45. The third kappa shape index (κ3) is 3.43. The second-order valence-corrected chi connectivity index (χ2v) is 4.62. The Morgan fingerprint density at radius 3 is 2.57 bits per heavy atom. The first-order valence-corrected chi connectivity index (χ1v) is 5.90. The topological polar surface area (TPSA) is 38.0 Å². The standard InChI is InChI=1S/C12H24N2/c1-10(2)12(14-13)11-8-6-4-3-5-7-9-11/h8,10,12,14H,3-7,9,13H2,1-2H3. The molecule has 0 aromatic heterocycles. The van der Waals surface area contributed by atoms with Crippen LogP contribution in [0.25, 0.3) is 0 Å². The van der Waals surface area contributed by atoms with Gasteiger partial charge < -0.3 is 0 Å². The van der Waals surface area contributed by atoms with Crippen LogP contribution >= 0.6 is 0 Å². The summed E-state index contributed by atoms with van der Waals surface area (Å²) in [6.07, 6.45) is 10.3. The van der Waals surface area contributed by atoms with E-state index < -0.39 is 0 Å². The molecule has 0 aromatic carbocycles. The van der Waals surface area contributed by atoms with Crippen molar-refractivity contribution in [1.82, 2.24) is 5.43 Å². The first kappa shape index (κ1) is 11.7. The molecule has 1 aliphatic rings. The van der Waals surface area contributed by atoms with Gasteiger partial charge in [-0.25, -0.2) is 0 Å². The lowest BCUT2D eigenvalue weighted by Crippen LogP contribution is -2.40. The molecule has 0 heterocycles. The maximum Gasteiger partial charge on any atom is 0.0442 e. The van der Waals surface area contributed by atoms with Gasteiger partial charge in [-0.2, -0.15) is 0 Å². The molecule has 0 aromatic rings. The van der Waals surface area contributed by atoms with Gasteiger partial charge >= 0.3 is 0 Å². The summed E-state index contributed by atoms with van der Waals surface area (Å²) in [5.41, 5.74) is 4.48. The van der Waals surface area contributed by atoms with E-state index in [0.29, 0.717) is 12.0 Å². The van der Waals surface area contributed by atoms with E-state index in [1.165, 1.54) is 44.1 Å². The minimum Gasteiger partial charge on any atom is -0.271 e. The lowest BCUT2D eigenvalue weighted by atomic mass is 9.89. The number of rotatable bonds is 3. The highest BCUT2D eigenvalue weighted by molar-refractivity contribution is 5.12. The predicted molar refractivity (Wildman–Crippen MR) is 61.7 cm³/mol. The van der Waals surface area contributed by atoms with E-state index in [9.17, 15) is 0 Å². The van der Waals surface area contributed by atoms with E-state index in [1.54, 1.807) is 0 Å². The van der Waals surface area contributed by atoms with Crippen molar-refractivity contribution >= 4 is 0 Å². The minimum absolute atomic E-state index is 0.382. The van der Waals surface area contributed by atoms with Crippen molar-refractivity contribution in [2.75, 3.05) is 0 Å². The van der Waals surface area contributed by atoms with Crippen LogP contribution < -0.4 is 11.3 Å². The van der Waals surface area contributed by atoms with Crippen LogP contribution in [0.5, 0.6) is 0 Å². The quantitative estimate of drug-likeness (QED) is 0.414. The molecule has 14 heavy (non-hydrogen) atoms. The molecule has 1 aliphatic carbocycles. The fourth-order valence-electron chi connectivity index (χ4n) is 2.23. The average molecular weight is 196 g/mol. The summed E-state index contributed by atoms with van der Waals surface area (Å²) in [4.78, 5) is 0. The first-order valence-electron chi connectivity index (χ1n) is 5.90. The summed E-state index contributed by atoms with van der Waals surface area (Å²) in [5, 5.41) is 0. The Labute approximate surface area is 87.9 Å². The normalized spacial score (nSPS) is 21.3. The summed E-state index contributed by atoms with van der Waals surface area (Å²) in [7, 11) is 0. The molecule has 0 fully saturated rings. The van der Waals surface area contributed by atoms with Gasteiger partial charge in [-0.15, -0.1) is 0 Å². The van der Waals surface area contributed by atoms with Crippen molar-refractivity contribution in [3.05, 3.63) is 11.6 Å². The van der Waals surface area contributed by atoms with Gasteiger partial charge in [0, 0.05) is 6.04 Å². The van der Waals surface area contributed by atoms with Crippen LogP contribution in [-0.4, -0.2) is 6.04 Å². The average Bonchev–Trinajstić information content (AvgIpc) is 2.08. The largest absolute Gasteiger partial charge is 0.271 e. The zero-order valence-corrected chi connectivity index (χ0v) is 9.55. The summed E-state index contributed by atoms with van der Waals surface area (Å²) < 4.78 is 0. The van der Waals surface area contributed by atoms with Gasteiger partial charge in [0.15, 0.2) is 0 Å². The molecule has 0 amide bonds. The van der Waals surface area contributed by atoms with E-state index >= 15 is 0 Å². The van der Waals surface area contributed by atoms with Gasteiger partial charge in [-0.3, -0.25) is 11.3 Å². The van der Waals surface area contributed by atoms with E-state index in [2.05, 4.69) is 25.3 Å². The SMILES string of the molecule is CC(C)C(NN)C1=CCCCCCC1. The molecule has 0 bridgehead atoms. The van der Waals surface area contributed by atoms with Crippen molar-refractivity contribution in [3.8, 4) is 0 Å². The fraction of sp³-hybridized carbons (Fsp3) is 0.833. The van der Waals surface area contributed by atoms with Gasteiger partial charge in [0.2, 0.25) is 0 Å². The Balaban J connectivity index is 2.60. The van der Waals surface area contributed by atoms with E-state index in [0.717, 1.165) is 0 Å². The first-order chi connectivity index (χ1) is 6.75. The minimum atomic E-state index is 0.382. The number of hydrogen-bond acceptors (Lipinski definition) is 2. The van der Waals surface area contributed by atoms with Crippen LogP contribution in [0, 0.1) is 5.92 Å². The monoisotopic (exact) mass is 196 g/mol. The Kier molecular flexibility index (Phi) is 5.20. The lowest BCUT2D eigenvalue weighted by Gasteiger charge is -2.24. The smallest absolute Gasteiger partial charge is 0.0442 e. The molecule has 0 saturated carbocycles. The van der Waals surface area contributed by atoms with E-state index in [1.807, 2.05) is 0 Å². The Morgan fingerprint density at radius 1 is 1.21 bits per heavy atom. The highest BCUT2D eigenvalue weighted by Gasteiger charge is 2.16. The van der Waals surface area contributed by atoms with Gasteiger partial charge in [0.05, 0.1) is 0 Å². The summed E-state index contributed by atoms with van der Waals surface area (Å²) >= 11 is 0. The van der Waals surface area contributed by atoms with Crippen molar-refractivity contribution in [2.24, 2.45) is 11.8 Å². The van der Waals surface area contributed by atoms with Crippen molar-refractivity contribution in [1.29, 1.82) is 0 Å². The molecule has 0 spiro atoms. The van der Waals surface area contributed by atoms with Gasteiger partial charge in [-0.05, 0) is 31.6 Å². The maximum atomic E-state index is 5.60. The highest BCUT2D eigenvalue weighted by Crippen LogP contribution is 2.22. The van der Waals surface area contributed by atoms with Gasteiger partial charge in [0.1, 0.15) is 0 Å². The molecular weight excluding hydrogens is 172 g/mol. The molecule has 2 heteroatoms. The zero-order valence-electron chi connectivity index (χ0n) is 9.55. The fourth-order valence-corrected chi connectivity index (χ4v) is 2.23. The van der Waals surface area contributed by atoms with Crippen LogP contribution in [0.3, 0.4) is 0 Å². The molecule has 3 N–H and O–H groups in total. The Hall–Kier alpha value is -0.340. The number of nitrogens with one attached hydrogen (secondary N) is 1. The molecule has 0 saturated heterocycles. The zero-order chi connectivity index (χ0) is 10.4. The Morgan fingerprint density at radius 2 is 1.93 bits per heavy atom. The predicted octanol–water partition coefficient (Wildman–Crippen LogP) is 2.75. The van der Waals surface area contributed by atoms with Crippen LogP contribution in [0.15, 0.2) is 11.6 Å². The van der Waals surface area contributed by atoms with Crippen LogP contribution in [0.1, 0.15) is 52.4 Å². The number of hydrogen-bond donors (Lipinski definition) is 2. The van der Waals surface area contributed by atoms with Crippen LogP contribution in [-0.2, 0) is 0 Å². The molecule has 82 valence electrons. The molecule has 1 rings (SSSR count). The van der Waals surface area contributed by atoms with Crippen molar-refractivity contribution in [2.45, 2.75) is 58.4 Å². The number of allylic oxidation sites excluding steroid dienone is 1. The number of nitrogens with two attached hydrogens (primary N) is 1. The van der Waals surface area contributed by atoms with Crippen LogP contribution in [0.2, 0.25) is 0 Å². The third-order valence-electron chi connectivity index (χ3n) is 3.07. The third-order valence-corrected chi connectivity index (χ3v) is 3.07. The van der Waals surface area contributed by atoms with Crippen molar-refractivity contribution < 1.29 is 0 Å². The van der Waals surface area contributed by atoms with E-state index in [4.69, 9.17) is 5.84 Å². The second kappa shape index (κ2) is 6.20. The molecule has 1 atom stereocenters. The van der Waals surface area contributed by atoms with Gasteiger partial charge in [0.25, 0.3) is 0 Å². The number of hydrazine groups is 1. The van der Waals surface area contributed by atoms with E-state index in [-0.39, 0.29) is 0 Å². The summed E-state index contributed by atoms with van der Waals surface area (Å²) in [6, 6.07) is 0.382. The second-order valence-electron chi connectivity index (χ2n) is 4.62. The highest BCUT2D eigenvalue weighted by atomic mass is 15.2. The maximum absolute atomic E-state index is 5.60. The molecule has 1 unspecified atom stereocenters. The summed E-state index contributed by atoms with van der Waals surface area (Å²) in [5.74, 6) is 6.19. The van der Waals surface area contributed by atoms with Crippen molar-refractivity contribution in [3.63, 3.8) is 0 Å². The molecule has 0 aliphatic heterocycles. The molecule has 0 radical (unpaired) electrons. The molecule has 2 nitrogen and oxygen atoms in total. The Bertz CT molecular complexity index is 185. The van der Waals surface area contributed by atoms with Gasteiger partial charge in [-0.1, -0.05) is 38.3 Å². The molecular formula is C12H24N2. The van der Waals surface area contributed by atoms with Crippen LogP contribution in [0.4, 0.5) is 0 Å².